The van der Waals surface area contributed by atoms with E-state index in [1.165, 1.54) is 25.3 Å². The van der Waals surface area contributed by atoms with E-state index in [0.29, 0.717) is 5.69 Å². The quantitative estimate of drug-likeness (QED) is 0.494. The molecule has 1 aromatic carbocycles. The molecule has 0 spiro atoms. The van der Waals surface area contributed by atoms with E-state index in [2.05, 4.69) is 10.1 Å². The van der Waals surface area contributed by atoms with Gasteiger partial charge in [0.2, 0.25) is 10.0 Å². The Morgan fingerprint density at radius 3 is 2.59 bits per heavy atom. The maximum atomic E-state index is 11.0. The lowest BCUT2D eigenvalue weighted by Gasteiger charge is -2.09. The van der Waals surface area contributed by atoms with Crippen LogP contribution in [-0.2, 0) is 19.6 Å². The zero-order valence-corrected chi connectivity index (χ0v) is 9.95. The summed E-state index contributed by atoms with van der Waals surface area (Å²) in [6.07, 6.45) is 0. The van der Waals surface area contributed by atoms with E-state index < -0.39 is 16.0 Å². The Kier molecular flexibility index (Phi) is 3.92. The molecule has 0 aliphatic heterocycles. The van der Waals surface area contributed by atoms with Gasteiger partial charge in [-0.15, -0.1) is 0 Å². The molecule has 0 aliphatic rings. The highest BCUT2D eigenvalue weighted by atomic mass is 32.2. The second-order valence-corrected chi connectivity index (χ2v) is 4.79. The van der Waals surface area contributed by atoms with Crippen LogP contribution in [-0.4, -0.2) is 28.0 Å². The van der Waals surface area contributed by atoms with E-state index in [0.717, 1.165) is 0 Å². The van der Waals surface area contributed by atoms with Crippen molar-refractivity contribution in [1.82, 2.24) is 0 Å². The molecule has 0 radical (unpaired) electrons. The van der Waals surface area contributed by atoms with Gasteiger partial charge < -0.3 is 15.8 Å². The SMILES string of the molecule is COC(=O)CNc1ccc(S(N)(=O)=O)cc1N. The Balaban J connectivity index is 2.88. The molecule has 94 valence electrons. The number of carbonyl (C=O) groups excluding carboxylic acids is 1. The zero-order chi connectivity index (χ0) is 13.1. The predicted octanol–water partition coefficient (Wildman–Crippen LogP) is -0.499. The summed E-state index contributed by atoms with van der Waals surface area (Å²) in [5.41, 5.74) is 6.23. The van der Waals surface area contributed by atoms with Crippen molar-refractivity contribution in [3.63, 3.8) is 0 Å². The van der Waals surface area contributed by atoms with E-state index in [1.54, 1.807) is 0 Å². The van der Waals surface area contributed by atoms with Gasteiger partial charge in [-0.2, -0.15) is 0 Å². The maximum Gasteiger partial charge on any atom is 0.325 e. The normalized spacial score (nSPS) is 10.9. The van der Waals surface area contributed by atoms with Crippen molar-refractivity contribution in [2.75, 3.05) is 24.7 Å². The third kappa shape index (κ3) is 3.61. The molecule has 5 N–H and O–H groups in total. The van der Waals surface area contributed by atoms with E-state index >= 15 is 0 Å². The number of methoxy groups -OCH3 is 1. The Labute approximate surface area is 98.8 Å². The summed E-state index contributed by atoms with van der Waals surface area (Å²) in [7, 11) is -2.52. The molecule has 1 rings (SSSR count). The molecule has 7 nitrogen and oxygen atoms in total. The molecule has 0 atom stereocenters. The summed E-state index contributed by atoms with van der Waals surface area (Å²) in [5, 5.41) is 7.65. The second-order valence-electron chi connectivity index (χ2n) is 3.22. The topological polar surface area (TPSA) is 125 Å². The van der Waals surface area contributed by atoms with Gasteiger partial charge in [-0.05, 0) is 18.2 Å². The van der Waals surface area contributed by atoms with Crippen LogP contribution in [0, 0.1) is 0 Å². The molecule has 0 bridgehead atoms. The number of ether oxygens (including phenoxy) is 1. The molecule has 0 aliphatic carbocycles. The molecule has 0 amide bonds. The predicted molar refractivity (Wildman–Crippen MR) is 62.7 cm³/mol. The van der Waals surface area contributed by atoms with Gasteiger partial charge in [0.25, 0.3) is 0 Å². The number of carbonyl (C=O) groups is 1. The maximum absolute atomic E-state index is 11.0. The van der Waals surface area contributed by atoms with Gasteiger partial charge in [0, 0.05) is 0 Å². The molecule has 8 heteroatoms. The third-order valence-electron chi connectivity index (χ3n) is 2.00. The number of nitrogens with one attached hydrogen (secondary N) is 1. The van der Waals surface area contributed by atoms with Gasteiger partial charge in [-0.1, -0.05) is 0 Å². The van der Waals surface area contributed by atoms with Crippen LogP contribution >= 0.6 is 0 Å². The Bertz CT molecular complexity index is 527. The number of hydrogen-bond donors (Lipinski definition) is 3. The largest absolute Gasteiger partial charge is 0.468 e. The summed E-state index contributed by atoms with van der Waals surface area (Å²) in [4.78, 5) is 10.8. The van der Waals surface area contributed by atoms with E-state index in [4.69, 9.17) is 10.9 Å². The fraction of sp³-hybridized carbons (Fsp3) is 0.222. The highest BCUT2D eigenvalue weighted by molar-refractivity contribution is 7.89. The van der Waals surface area contributed by atoms with E-state index in [-0.39, 0.29) is 17.1 Å². The van der Waals surface area contributed by atoms with Crippen molar-refractivity contribution in [1.29, 1.82) is 0 Å². The zero-order valence-electron chi connectivity index (χ0n) is 9.14. The van der Waals surface area contributed by atoms with Crippen molar-refractivity contribution >= 4 is 27.4 Å². The second kappa shape index (κ2) is 5.02. The minimum Gasteiger partial charge on any atom is -0.468 e. The van der Waals surface area contributed by atoms with Crippen molar-refractivity contribution in [3.8, 4) is 0 Å². The van der Waals surface area contributed by atoms with E-state index in [1.807, 2.05) is 0 Å². The van der Waals surface area contributed by atoms with E-state index in [9.17, 15) is 13.2 Å². The number of nitrogen functional groups attached to an aromatic ring is 1. The number of rotatable bonds is 4. The molecule has 0 aromatic heterocycles. The first kappa shape index (κ1) is 13.3. The number of benzene rings is 1. The van der Waals surface area contributed by atoms with Crippen LogP contribution < -0.4 is 16.2 Å². The monoisotopic (exact) mass is 259 g/mol. The fourth-order valence-corrected chi connectivity index (χ4v) is 1.67. The smallest absolute Gasteiger partial charge is 0.325 e. The first-order chi connectivity index (χ1) is 7.84. The molecule has 0 fully saturated rings. The minimum atomic E-state index is -3.78. The Morgan fingerprint density at radius 1 is 1.47 bits per heavy atom. The molecular weight excluding hydrogens is 246 g/mol. The van der Waals surface area contributed by atoms with Gasteiger partial charge in [0.15, 0.2) is 0 Å². The highest BCUT2D eigenvalue weighted by Crippen LogP contribution is 2.21. The van der Waals surface area contributed by atoms with Crippen molar-refractivity contribution < 1.29 is 17.9 Å². The molecule has 17 heavy (non-hydrogen) atoms. The third-order valence-corrected chi connectivity index (χ3v) is 2.91. The molecule has 0 saturated heterocycles. The lowest BCUT2D eigenvalue weighted by molar-refractivity contribution is -0.138. The summed E-state index contributed by atoms with van der Waals surface area (Å²) in [5.74, 6) is -0.458. The summed E-state index contributed by atoms with van der Waals surface area (Å²) in [6, 6.07) is 3.94. The molecule has 0 unspecified atom stereocenters. The van der Waals surface area contributed by atoms with Crippen LogP contribution in [0.4, 0.5) is 11.4 Å². The number of nitrogens with two attached hydrogens (primary N) is 2. The van der Waals surface area contributed by atoms with Crippen molar-refractivity contribution in [2.24, 2.45) is 5.14 Å². The van der Waals surface area contributed by atoms with Crippen LogP contribution in [0.2, 0.25) is 0 Å². The van der Waals surface area contributed by atoms with Crippen molar-refractivity contribution in [2.45, 2.75) is 4.90 Å². The average molecular weight is 259 g/mol. The molecule has 1 aromatic rings. The molecule has 0 heterocycles. The summed E-state index contributed by atoms with van der Waals surface area (Å²) < 4.78 is 26.5. The highest BCUT2D eigenvalue weighted by Gasteiger charge is 2.10. The Morgan fingerprint density at radius 2 is 2.12 bits per heavy atom. The first-order valence-electron chi connectivity index (χ1n) is 4.57. The summed E-state index contributed by atoms with van der Waals surface area (Å²) in [6.45, 7) is -0.0601. The standard InChI is InChI=1S/C9H13N3O4S/c1-16-9(13)5-12-8-3-2-6(4-7(8)10)17(11,14)15/h2-4,12H,5,10H2,1H3,(H2,11,14,15). The molecular formula is C9H13N3O4S. The van der Waals surface area contributed by atoms with Crippen LogP contribution in [0.25, 0.3) is 0 Å². The van der Waals surface area contributed by atoms with Gasteiger partial charge in [0.05, 0.1) is 23.4 Å². The first-order valence-corrected chi connectivity index (χ1v) is 6.12. The lowest BCUT2D eigenvalue weighted by atomic mass is 10.2. The van der Waals surface area contributed by atoms with Crippen molar-refractivity contribution in [3.05, 3.63) is 18.2 Å². The Hall–Kier alpha value is -1.80. The van der Waals surface area contributed by atoms with Crippen LogP contribution in [0.15, 0.2) is 23.1 Å². The number of esters is 1. The number of anilines is 2. The number of sulfonamides is 1. The number of hydrogen-bond acceptors (Lipinski definition) is 6. The average Bonchev–Trinajstić information content (AvgIpc) is 2.25. The molecule has 0 saturated carbocycles. The lowest BCUT2D eigenvalue weighted by Crippen LogP contribution is -2.16. The van der Waals surface area contributed by atoms with Gasteiger partial charge in [-0.3, -0.25) is 4.79 Å². The van der Waals surface area contributed by atoms with Gasteiger partial charge >= 0.3 is 5.97 Å². The number of primary sulfonamides is 1. The fourth-order valence-electron chi connectivity index (χ4n) is 1.12. The van der Waals surface area contributed by atoms with Gasteiger partial charge in [-0.25, -0.2) is 13.6 Å². The van der Waals surface area contributed by atoms with Crippen LogP contribution in [0.3, 0.4) is 0 Å². The van der Waals surface area contributed by atoms with Crippen LogP contribution in [0.1, 0.15) is 0 Å². The van der Waals surface area contributed by atoms with Gasteiger partial charge in [0.1, 0.15) is 6.54 Å². The van der Waals surface area contributed by atoms with Crippen LogP contribution in [0.5, 0.6) is 0 Å². The minimum absolute atomic E-state index is 0.0601. The summed E-state index contributed by atoms with van der Waals surface area (Å²) >= 11 is 0.